The van der Waals surface area contributed by atoms with Gasteiger partial charge in [-0.1, -0.05) is 17.7 Å². The number of rotatable bonds is 3. The molecule has 98 valence electrons. The molecule has 0 unspecified atom stereocenters. The molecule has 0 saturated carbocycles. The van der Waals surface area contributed by atoms with Crippen LogP contribution in [-0.4, -0.2) is 30.5 Å². The second-order valence-electron chi connectivity index (χ2n) is 3.88. The lowest BCUT2D eigenvalue weighted by Crippen LogP contribution is -2.12. The zero-order valence-corrected chi connectivity index (χ0v) is 10.9. The Bertz CT molecular complexity index is 739. The largest absolute Gasteiger partial charge is 0.283 e. The van der Waals surface area contributed by atoms with Crippen molar-refractivity contribution < 1.29 is 4.79 Å². The molecule has 0 bridgehead atoms. The van der Waals surface area contributed by atoms with Crippen molar-refractivity contribution in [2.45, 2.75) is 0 Å². The van der Waals surface area contributed by atoms with E-state index in [4.69, 9.17) is 11.6 Å². The molecule has 0 saturated heterocycles. The van der Waals surface area contributed by atoms with Gasteiger partial charge in [0, 0.05) is 18.6 Å². The summed E-state index contributed by atoms with van der Waals surface area (Å²) >= 11 is 5.70. The molecule has 0 fully saturated rings. The Labute approximate surface area is 119 Å². The van der Waals surface area contributed by atoms with Crippen LogP contribution in [0.4, 0.5) is 0 Å². The second kappa shape index (κ2) is 5.18. The van der Waals surface area contributed by atoms with Crippen LogP contribution in [0, 0.1) is 0 Å². The van der Waals surface area contributed by atoms with Gasteiger partial charge in [-0.05, 0) is 24.3 Å². The van der Waals surface area contributed by atoms with Gasteiger partial charge in [0.05, 0.1) is 0 Å². The van der Waals surface area contributed by atoms with Crippen LogP contribution in [-0.2, 0) is 0 Å². The van der Waals surface area contributed by atoms with Crippen LogP contribution in [0.5, 0.6) is 0 Å². The van der Waals surface area contributed by atoms with Crippen LogP contribution in [0.1, 0.15) is 16.3 Å². The first kappa shape index (κ1) is 12.4. The van der Waals surface area contributed by atoms with E-state index in [0.29, 0.717) is 11.5 Å². The summed E-state index contributed by atoms with van der Waals surface area (Å²) in [4.78, 5) is 20.4. The van der Waals surface area contributed by atoms with Crippen LogP contribution >= 0.6 is 11.6 Å². The van der Waals surface area contributed by atoms with E-state index in [-0.39, 0.29) is 16.8 Å². The van der Waals surface area contributed by atoms with Crippen LogP contribution in [0.15, 0.2) is 48.9 Å². The van der Waals surface area contributed by atoms with E-state index in [1.165, 1.54) is 6.20 Å². The van der Waals surface area contributed by atoms with Crippen molar-refractivity contribution >= 4 is 17.4 Å². The topological polar surface area (TPSA) is 73.6 Å². The van der Waals surface area contributed by atoms with Gasteiger partial charge in [0.2, 0.25) is 5.78 Å². The Balaban J connectivity index is 2.02. The summed E-state index contributed by atoms with van der Waals surface area (Å²) in [7, 11) is 0. The fourth-order valence-electron chi connectivity index (χ4n) is 1.71. The SMILES string of the molecule is O=C(c1ccccn1)c1nccn1-c1ccc(Cl)nn1. The molecule has 0 radical (unpaired) electrons. The molecule has 0 spiro atoms. The maximum atomic E-state index is 12.3. The Morgan fingerprint density at radius 2 is 1.95 bits per heavy atom. The smallest absolute Gasteiger partial charge is 0.247 e. The van der Waals surface area contributed by atoms with Gasteiger partial charge in [-0.25, -0.2) is 4.98 Å². The van der Waals surface area contributed by atoms with E-state index in [0.717, 1.165) is 0 Å². The van der Waals surface area contributed by atoms with Gasteiger partial charge in [-0.2, -0.15) is 0 Å². The van der Waals surface area contributed by atoms with Crippen LogP contribution < -0.4 is 0 Å². The van der Waals surface area contributed by atoms with Gasteiger partial charge in [-0.15, -0.1) is 10.2 Å². The van der Waals surface area contributed by atoms with Crippen LogP contribution in [0.2, 0.25) is 5.15 Å². The van der Waals surface area contributed by atoms with Gasteiger partial charge in [-0.3, -0.25) is 14.3 Å². The van der Waals surface area contributed by atoms with Crippen molar-refractivity contribution in [1.29, 1.82) is 0 Å². The normalized spacial score (nSPS) is 10.4. The van der Waals surface area contributed by atoms with Crippen molar-refractivity contribution in [2.24, 2.45) is 0 Å². The minimum Gasteiger partial charge on any atom is -0.283 e. The lowest BCUT2D eigenvalue weighted by atomic mass is 10.2. The Hall–Kier alpha value is -2.60. The number of hydrogen-bond acceptors (Lipinski definition) is 5. The summed E-state index contributed by atoms with van der Waals surface area (Å²) in [6, 6.07) is 8.38. The molecule has 0 N–H and O–H groups in total. The maximum absolute atomic E-state index is 12.3. The highest BCUT2D eigenvalue weighted by atomic mass is 35.5. The summed E-state index contributed by atoms with van der Waals surface area (Å²) in [6.07, 6.45) is 4.71. The van der Waals surface area contributed by atoms with Crippen molar-refractivity contribution in [1.82, 2.24) is 24.7 Å². The number of halogens is 1. The molecule has 6 nitrogen and oxygen atoms in total. The molecule has 7 heteroatoms. The summed E-state index contributed by atoms with van der Waals surface area (Å²) in [5.41, 5.74) is 0.321. The van der Waals surface area contributed by atoms with Gasteiger partial charge in [0.15, 0.2) is 16.8 Å². The molecule has 3 aromatic rings. The molecule has 0 aliphatic carbocycles. The number of aromatic nitrogens is 5. The van der Waals surface area contributed by atoms with E-state index < -0.39 is 0 Å². The Morgan fingerprint density at radius 3 is 2.65 bits per heavy atom. The van der Waals surface area contributed by atoms with E-state index in [2.05, 4.69) is 20.2 Å². The highest BCUT2D eigenvalue weighted by molar-refractivity contribution is 6.29. The van der Waals surface area contributed by atoms with Crippen LogP contribution in [0.3, 0.4) is 0 Å². The standard InChI is InChI=1S/C13H8ClN5O/c14-10-4-5-11(18-17-10)19-8-7-16-13(19)12(20)9-3-1-2-6-15-9/h1-8H. The maximum Gasteiger partial charge on any atom is 0.247 e. The van der Waals surface area contributed by atoms with Gasteiger partial charge in [0.25, 0.3) is 0 Å². The number of ketones is 1. The molecule has 3 rings (SSSR count). The number of carbonyl (C=O) groups excluding carboxylic acids is 1. The molecule has 0 atom stereocenters. The predicted octanol–water partition coefficient (Wildman–Crippen LogP) is 1.94. The molecule has 3 heterocycles. The molecule has 3 aromatic heterocycles. The number of carbonyl (C=O) groups is 1. The highest BCUT2D eigenvalue weighted by Gasteiger charge is 2.17. The van der Waals surface area contributed by atoms with E-state index in [1.54, 1.807) is 47.3 Å². The third-order valence-corrected chi connectivity index (χ3v) is 2.81. The van der Waals surface area contributed by atoms with E-state index >= 15 is 0 Å². The average molecular weight is 286 g/mol. The molecule has 0 aliphatic rings. The number of nitrogens with zero attached hydrogens (tertiary/aromatic N) is 5. The highest BCUT2D eigenvalue weighted by Crippen LogP contribution is 2.12. The molecule has 0 aromatic carbocycles. The van der Waals surface area contributed by atoms with E-state index in [1.807, 2.05) is 0 Å². The molecule has 0 aliphatic heterocycles. The Kier molecular flexibility index (Phi) is 3.22. The predicted molar refractivity (Wildman–Crippen MR) is 71.8 cm³/mol. The zero-order chi connectivity index (χ0) is 13.9. The lowest BCUT2D eigenvalue weighted by Gasteiger charge is -2.05. The summed E-state index contributed by atoms with van der Waals surface area (Å²) in [5, 5.41) is 7.96. The zero-order valence-electron chi connectivity index (χ0n) is 10.1. The summed E-state index contributed by atoms with van der Waals surface area (Å²) in [6.45, 7) is 0. The summed E-state index contributed by atoms with van der Waals surface area (Å²) in [5.74, 6) is 0.402. The monoisotopic (exact) mass is 285 g/mol. The summed E-state index contributed by atoms with van der Waals surface area (Å²) < 4.78 is 1.54. The first-order chi connectivity index (χ1) is 9.75. The fraction of sp³-hybridized carbons (Fsp3) is 0. The first-order valence-corrected chi connectivity index (χ1v) is 6.12. The number of hydrogen-bond donors (Lipinski definition) is 0. The Morgan fingerprint density at radius 1 is 1.05 bits per heavy atom. The van der Waals surface area contributed by atoms with Crippen LogP contribution in [0.25, 0.3) is 5.82 Å². The average Bonchev–Trinajstić information content (AvgIpc) is 2.97. The van der Waals surface area contributed by atoms with Crippen molar-refractivity contribution in [2.75, 3.05) is 0 Å². The third kappa shape index (κ3) is 2.28. The van der Waals surface area contributed by atoms with Crippen molar-refractivity contribution in [3.63, 3.8) is 0 Å². The minimum absolute atomic E-state index is 0.223. The first-order valence-electron chi connectivity index (χ1n) is 5.74. The fourth-order valence-corrected chi connectivity index (χ4v) is 1.81. The molecular formula is C13H8ClN5O. The van der Waals surface area contributed by atoms with Crippen molar-refractivity contribution in [3.8, 4) is 5.82 Å². The molecular weight excluding hydrogens is 278 g/mol. The second-order valence-corrected chi connectivity index (χ2v) is 4.27. The lowest BCUT2D eigenvalue weighted by molar-refractivity contribution is 0.102. The molecule has 0 amide bonds. The van der Waals surface area contributed by atoms with Crippen molar-refractivity contribution in [3.05, 3.63) is 65.6 Å². The third-order valence-electron chi connectivity index (χ3n) is 2.61. The van der Waals surface area contributed by atoms with E-state index in [9.17, 15) is 4.79 Å². The molecule has 20 heavy (non-hydrogen) atoms. The minimum atomic E-state index is -0.285. The van der Waals surface area contributed by atoms with Gasteiger partial charge < -0.3 is 0 Å². The quantitative estimate of drug-likeness (QED) is 0.688. The van der Waals surface area contributed by atoms with Gasteiger partial charge >= 0.3 is 0 Å². The van der Waals surface area contributed by atoms with Gasteiger partial charge in [0.1, 0.15) is 5.69 Å². The number of imidazole rings is 1. The number of pyridine rings is 1.